The Morgan fingerprint density at radius 1 is 1.08 bits per heavy atom. The van der Waals surface area contributed by atoms with Crippen molar-refractivity contribution in [2.24, 2.45) is 0 Å². The summed E-state index contributed by atoms with van der Waals surface area (Å²) in [6, 6.07) is 11.8. The van der Waals surface area contributed by atoms with Crippen molar-refractivity contribution in [2.45, 2.75) is 37.6 Å². The number of nitrogens with zero attached hydrogens (tertiary/aromatic N) is 1. The van der Waals surface area contributed by atoms with Crippen molar-refractivity contribution < 1.29 is 13.2 Å². The summed E-state index contributed by atoms with van der Waals surface area (Å²) in [7, 11) is -1.99. The first-order valence-electron chi connectivity index (χ1n) is 8.35. The third kappa shape index (κ3) is 3.67. The van der Waals surface area contributed by atoms with Crippen LogP contribution in [0.1, 0.15) is 31.9 Å². The Hall–Kier alpha value is -2.54. The number of hydrogen-bond acceptors (Lipinski definition) is 3. The average molecular weight is 373 g/mol. The number of urea groups is 1. The van der Waals surface area contributed by atoms with E-state index in [0.717, 1.165) is 11.1 Å². The summed E-state index contributed by atoms with van der Waals surface area (Å²) >= 11 is 0. The molecule has 138 valence electrons. The fraction of sp³-hybridized carbons (Fsp3) is 0.316. The SMILES string of the molecule is CN1Cc2cc(NS(=O)(=O)c3ccc(C(C)(C)C)cc3)ccc2NC1=O. The Morgan fingerprint density at radius 3 is 2.35 bits per heavy atom. The van der Waals surface area contributed by atoms with E-state index in [-0.39, 0.29) is 16.3 Å². The molecule has 0 radical (unpaired) electrons. The predicted molar refractivity (Wildman–Crippen MR) is 103 cm³/mol. The lowest BCUT2D eigenvalue weighted by Gasteiger charge is -2.26. The lowest BCUT2D eigenvalue weighted by Crippen LogP contribution is -2.35. The summed E-state index contributed by atoms with van der Waals surface area (Å²) < 4.78 is 27.9. The summed E-state index contributed by atoms with van der Waals surface area (Å²) in [4.78, 5) is 13.4. The molecule has 1 aliphatic heterocycles. The van der Waals surface area contributed by atoms with Crippen LogP contribution < -0.4 is 10.0 Å². The molecule has 3 rings (SSSR count). The molecule has 0 fully saturated rings. The van der Waals surface area contributed by atoms with Crippen LogP contribution in [-0.2, 0) is 22.0 Å². The Bertz CT molecular complexity index is 945. The third-order valence-corrected chi connectivity index (χ3v) is 5.78. The molecule has 26 heavy (non-hydrogen) atoms. The summed E-state index contributed by atoms with van der Waals surface area (Å²) in [6.45, 7) is 6.67. The summed E-state index contributed by atoms with van der Waals surface area (Å²) in [5.74, 6) is 0. The zero-order chi connectivity index (χ0) is 19.1. The molecule has 2 N–H and O–H groups in total. The first-order valence-corrected chi connectivity index (χ1v) is 9.83. The highest BCUT2D eigenvalue weighted by atomic mass is 32.2. The lowest BCUT2D eigenvalue weighted by molar-refractivity contribution is 0.218. The van der Waals surface area contributed by atoms with E-state index in [1.165, 1.54) is 4.90 Å². The molecule has 0 spiro atoms. The van der Waals surface area contributed by atoms with Gasteiger partial charge in [0, 0.05) is 25.0 Å². The van der Waals surface area contributed by atoms with E-state index in [2.05, 4.69) is 30.8 Å². The van der Waals surface area contributed by atoms with Crippen molar-refractivity contribution in [2.75, 3.05) is 17.1 Å². The Morgan fingerprint density at radius 2 is 1.73 bits per heavy atom. The van der Waals surface area contributed by atoms with Gasteiger partial charge in [-0.2, -0.15) is 0 Å². The summed E-state index contributed by atoms with van der Waals surface area (Å²) in [5, 5.41) is 2.76. The molecule has 1 heterocycles. The molecule has 0 aliphatic carbocycles. The van der Waals surface area contributed by atoms with Crippen LogP contribution in [0.3, 0.4) is 0 Å². The van der Waals surface area contributed by atoms with Gasteiger partial charge < -0.3 is 10.2 Å². The van der Waals surface area contributed by atoms with Crippen LogP contribution >= 0.6 is 0 Å². The Kier molecular flexibility index (Phi) is 4.44. The Balaban J connectivity index is 1.84. The van der Waals surface area contributed by atoms with Gasteiger partial charge in [-0.25, -0.2) is 13.2 Å². The smallest absolute Gasteiger partial charge is 0.321 e. The summed E-state index contributed by atoms with van der Waals surface area (Å²) in [6.07, 6.45) is 0. The van der Waals surface area contributed by atoms with E-state index in [9.17, 15) is 13.2 Å². The molecule has 7 heteroatoms. The molecule has 0 bridgehead atoms. The number of sulfonamides is 1. The number of hydrogen-bond donors (Lipinski definition) is 2. The minimum atomic E-state index is -3.68. The maximum absolute atomic E-state index is 12.7. The number of fused-ring (bicyclic) bond motifs is 1. The van der Waals surface area contributed by atoms with E-state index >= 15 is 0 Å². The number of nitrogens with one attached hydrogen (secondary N) is 2. The molecule has 2 aromatic rings. The van der Waals surface area contributed by atoms with Gasteiger partial charge in [0.25, 0.3) is 10.0 Å². The zero-order valence-electron chi connectivity index (χ0n) is 15.3. The fourth-order valence-corrected chi connectivity index (χ4v) is 3.85. The van der Waals surface area contributed by atoms with E-state index in [1.54, 1.807) is 37.4 Å². The maximum Gasteiger partial charge on any atom is 0.321 e. The number of rotatable bonds is 3. The topological polar surface area (TPSA) is 78.5 Å². The second-order valence-electron chi connectivity index (χ2n) is 7.54. The normalized spacial score (nSPS) is 14.6. The minimum absolute atomic E-state index is 0.0370. The number of carbonyl (C=O) groups is 1. The van der Waals surface area contributed by atoms with Gasteiger partial charge in [0.15, 0.2) is 0 Å². The molecule has 2 amide bonds. The zero-order valence-corrected chi connectivity index (χ0v) is 16.1. The van der Waals surface area contributed by atoms with Crippen LogP contribution in [0.5, 0.6) is 0 Å². The summed E-state index contributed by atoms with van der Waals surface area (Å²) in [5.41, 5.74) is 3.06. The monoisotopic (exact) mass is 373 g/mol. The number of benzene rings is 2. The minimum Gasteiger partial charge on any atom is -0.323 e. The van der Waals surface area contributed by atoms with Crippen LogP contribution in [-0.4, -0.2) is 26.4 Å². The third-order valence-electron chi connectivity index (χ3n) is 4.38. The van der Waals surface area contributed by atoms with Gasteiger partial charge in [-0.15, -0.1) is 0 Å². The number of carbonyl (C=O) groups excluding carboxylic acids is 1. The van der Waals surface area contributed by atoms with Crippen LogP contribution in [0.15, 0.2) is 47.4 Å². The van der Waals surface area contributed by atoms with Crippen LogP contribution in [0.25, 0.3) is 0 Å². The van der Waals surface area contributed by atoms with Crippen molar-refractivity contribution in [1.29, 1.82) is 0 Å². The molecule has 0 unspecified atom stereocenters. The van der Waals surface area contributed by atoms with Gasteiger partial charge in [-0.05, 0) is 46.9 Å². The van der Waals surface area contributed by atoms with Crippen molar-refractivity contribution in [3.05, 3.63) is 53.6 Å². The van der Waals surface area contributed by atoms with Gasteiger partial charge >= 0.3 is 6.03 Å². The fourth-order valence-electron chi connectivity index (χ4n) is 2.80. The van der Waals surface area contributed by atoms with Gasteiger partial charge in [-0.1, -0.05) is 32.9 Å². The molecule has 2 aromatic carbocycles. The largest absolute Gasteiger partial charge is 0.323 e. The van der Waals surface area contributed by atoms with Gasteiger partial charge in [-0.3, -0.25) is 4.72 Å². The van der Waals surface area contributed by atoms with Crippen LogP contribution in [0.2, 0.25) is 0 Å². The van der Waals surface area contributed by atoms with Gasteiger partial charge in [0.1, 0.15) is 0 Å². The molecule has 0 aromatic heterocycles. The quantitative estimate of drug-likeness (QED) is 0.860. The van der Waals surface area contributed by atoms with Crippen molar-refractivity contribution in [3.63, 3.8) is 0 Å². The first-order chi connectivity index (χ1) is 12.1. The van der Waals surface area contributed by atoms with Crippen LogP contribution in [0.4, 0.5) is 16.2 Å². The van der Waals surface area contributed by atoms with Crippen molar-refractivity contribution >= 4 is 27.4 Å². The van der Waals surface area contributed by atoms with Crippen LogP contribution in [0, 0.1) is 0 Å². The highest BCUT2D eigenvalue weighted by molar-refractivity contribution is 7.92. The number of anilines is 2. The van der Waals surface area contributed by atoms with Crippen molar-refractivity contribution in [1.82, 2.24) is 4.90 Å². The Labute approximate surface area is 154 Å². The highest BCUT2D eigenvalue weighted by Crippen LogP contribution is 2.28. The highest BCUT2D eigenvalue weighted by Gasteiger charge is 2.21. The van der Waals surface area contributed by atoms with E-state index in [4.69, 9.17) is 0 Å². The number of amides is 2. The molecule has 0 saturated carbocycles. The second kappa shape index (κ2) is 6.32. The average Bonchev–Trinajstić information content (AvgIpc) is 2.55. The molecule has 1 aliphatic rings. The first kappa shape index (κ1) is 18.3. The molecular formula is C19H23N3O3S. The predicted octanol–water partition coefficient (Wildman–Crippen LogP) is 3.76. The van der Waals surface area contributed by atoms with Crippen molar-refractivity contribution in [3.8, 4) is 0 Å². The standard InChI is InChI=1S/C19H23N3O3S/c1-19(2,3)14-5-8-16(9-6-14)26(24,25)21-15-7-10-17-13(11-15)12-22(4)18(23)20-17/h5-11,21H,12H2,1-4H3,(H,20,23). The lowest BCUT2D eigenvalue weighted by atomic mass is 9.87. The van der Waals surface area contributed by atoms with Gasteiger partial charge in [0.2, 0.25) is 0 Å². The van der Waals surface area contributed by atoms with E-state index in [1.807, 2.05) is 12.1 Å². The molecular weight excluding hydrogens is 350 g/mol. The van der Waals surface area contributed by atoms with Gasteiger partial charge in [0.05, 0.1) is 4.90 Å². The molecule has 0 atom stereocenters. The molecule has 6 nitrogen and oxygen atoms in total. The second-order valence-corrected chi connectivity index (χ2v) is 9.22. The maximum atomic E-state index is 12.7. The van der Waals surface area contributed by atoms with E-state index < -0.39 is 10.0 Å². The van der Waals surface area contributed by atoms with E-state index in [0.29, 0.717) is 17.9 Å². The molecule has 0 saturated heterocycles.